The highest BCUT2D eigenvalue weighted by atomic mass is 16.2. The van der Waals surface area contributed by atoms with E-state index in [1.807, 2.05) is 30.3 Å². The lowest BCUT2D eigenvalue weighted by atomic mass is 9.94. The molecule has 146 valence electrons. The van der Waals surface area contributed by atoms with E-state index in [-0.39, 0.29) is 11.5 Å². The van der Waals surface area contributed by atoms with Gasteiger partial charge in [-0.15, -0.1) is 0 Å². The Morgan fingerprint density at radius 3 is 2.64 bits per heavy atom. The number of benzene rings is 1. The molecule has 0 radical (unpaired) electrons. The van der Waals surface area contributed by atoms with Gasteiger partial charge in [-0.1, -0.05) is 42.0 Å². The molecule has 0 saturated heterocycles. The highest BCUT2D eigenvalue weighted by Gasteiger charge is 2.23. The lowest BCUT2D eigenvalue weighted by Crippen LogP contribution is -2.33. The SMILES string of the molecule is O=C(NCCC1=CCCCC1)c1c(-c2ccccc2)cc(=O)n2c1CCCC2. The summed E-state index contributed by atoms with van der Waals surface area (Å²) < 4.78 is 1.80. The number of nitrogens with one attached hydrogen (secondary N) is 1. The van der Waals surface area contributed by atoms with Crippen molar-refractivity contribution < 1.29 is 4.79 Å². The number of allylic oxidation sites excluding steroid dienone is 1. The van der Waals surface area contributed by atoms with Gasteiger partial charge in [-0.3, -0.25) is 9.59 Å². The molecule has 0 saturated carbocycles. The number of carbonyl (C=O) groups excluding carboxylic acids is 1. The van der Waals surface area contributed by atoms with Crippen LogP contribution in [-0.4, -0.2) is 17.0 Å². The normalized spacial score (nSPS) is 16.2. The highest BCUT2D eigenvalue weighted by molar-refractivity contribution is 6.02. The third-order valence-corrected chi connectivity index (χ3v) is 5.89. The lowest BCUT2D eigenvalue weighted by molar-refractivity contribution is 0.0952. The first kappa shape index (κ1) is 18.7. The van der Waals surface area contributed by atoms with Gasteiger partial charge in [-0.05, 0) is 56.9 Å². The molecule has 2 aromatic rings. The first-order valence-corrected chi connectivity index (χ1v) is 10.5. The van der Waals surface area contributed by atoms with Gasteiger partial charge in [0, 0.05) is 30.4 Å². The maximum absolute atomic E-state index is 13.2. The molecule has 28 heavy (non-hydrogen) atoms. The summed E-state index contributed by atoms with van der Waals surface area (Å²) in [5, 5.41) is 3.13. The number of hydrogen-bond donors (Lipinski definition) is 1. The van der Waals surface area contributed by atoms with E-state index >= 15 is 0 Å². The van der Waals surface area contributed by atoms with Crippen LogP contribution in [0.4, 0.5) is 0 Å². The summed E-state index contributed by atoms with van der Waals surface area (Å²) in [5.74, 6) is -0.0547. The molecule has 0 fully saturated rings. The van der Waals surface area contributed by atoms with E-state index in [4.69, 9.17) is 0 Å². The Kier molecular flexibility index (Phi) is 5.75. The van der Waals surface area contributed by atoms with Crippen LogP contribution in [0, 0.1) is 0 Å². The molecule has 1 aliphatic heterocycles. The Labute approximate surface area is 166 Å². The molecular formula is C24H28N2O2. The first-order valence-electron chi connectivity index (χ1n) is 10.5. The van der Waals surface area contributed by atoms with E-state index < -0.39 is 0 Å². The molecule has 4 nitrogen and oxygen atoms in total. The van der Waals surface area contributed by atoms with E-state index in [9.17, 15) is 9.59 Å². The molecular weight excluding hydrogens is 348 g/mol. The van der Waals surface area contributed by atoms with Gasteiger partial charge >= 0.3 is 0 Å². The van der Waals surface area contributed by atoms with E-state index in [1.54, 1.807) is 10.6 Å². The van der Waals surface area contributed by atoms with Gasteiger partial charge in [-0.2, -0.15) is 0 Å². The molecule has 0 spiro atoms. The highest BCUT2D eigenvalue weighted by Crippen LogP contribution is 2.28. The summed E-state index contributed by atoms with van der Waals surface area (Å²) >= 11 is 0. The number of fused-ring (bicyclic) bond motifs is 1. The zero-order chi connectivity index (χ0) is 19.3. The summed E-state index contributed by atoms with van der Waals surface area (Å²) in [6.45, 7) is 1.36. The van der Waals surface area contributed by atoms with Crippen LogP contribution in [0.15, 0.2) is 52.8 Å². The fourth-order valence-electron chi connectivity index (χ4n) is 4.42. The zero-order valence-corrected chi connectivity index (χ0v) is 16.4. The number of nitrogens with zero attached hydrogens (tertiary/aromatic N) is 1. The lowest BCUT2D eigenvalue weighted by Gasteiger charge is -2.23. The molecule has 1 amide bonds. The van der Waals surface area contributed by atoms with Crippen LogP contribution in [0.25, 0.3) is 11.1 Å². The van der Waals surface area contributed by atoms with E-state index in [2.05, 4.69) is 11.4 Å². The molecule has 1 aromatic carbocycles. The quantitative estimate of drug-likeness (QED) is 0.783. The van der Waals surface area contributed by atoms with E-state index in [0.29, 0.717) is 18.7 Å². The Morgan fingerprint density at radius 1 is 1.04 bits per heavy atom. The second-order valence-electron chi connectivity index (χ2n) is 7.81. The Morgan fingerprint density at radius 2 is 1.86 bits per heavy atom. The number of rotatable bonds is 5. The van der Waals surface area contributed by atoms with Gasteiger partial charge in [0.2, 0.25) is 0 Å². The zero-order valence-electron chi connectivity index (χ0n) is 16.4. The second-order valence-corrected chi connectivity index (χ2v) is 7.81. The fraction of sp³-hybridized carbons (Fsp3) is 0.417. The van der Waals surface area contributed by atoms with Crippen molar-refractivity contribution in [1.82, 2.24) is 9.88 Å². The molecule has 1 N–H and O–H groups in total. The smallest absolute Gasteiger partial charge is 0.253 e. The molecule has 4 rings (SSSR count). The molecule has 0 atom stereocenters. The summed E-state index contributed by atoms with van der Waals surface area (Å²) in [6, 6.07) is 11.4. The van der Waals surface area contributed by atoms with Crippen LogP contribution in [0.3, 0.4) is 0 Å². The Hall–Kier alpha value is -2.62. The fourth-order valence-corrected chi connectivity index (χ4v) is 4.42. The minimum Gasteiger partial charge on any atom is -0.352 e. The van der Waals surface area contributed by atoms with Crippen molar-refractivity contribution >= 4 is 5.91 Å². The Bertz CT molecular complexity index is 941. The van der Waals surface area contributed by atoms with Crippen LogP contribution in [0.2, 0.25) is 0 Å². The molecule has 4 heteroatoms. The van der Waals surface area contributed by atoms with Crippen molar-refractivity contribution in [3.05, 3.63) is 69.7 Å². The van der Waals surface area contributed by atoms with Crippen molar-refractivity contribution in [2.75, 3.05) is 6.54 Å². The number of carbonyl (C=O) groups is 1. The van der Waals surface area contributed by atoms with Crippen molar-refractivity contribution in [2.24, 2.45) is 0 Å². The monoisotopic (exact) mass is 376 g/mol. The van der Waals surface area contributed by atoms with Crippen molar-refractivity contribution in [2.45, 2.75) is 57.9 Å². The van der Waals surface area contributed by atoms with Gasteiger partial charge in [-0.25, -0.2) is 0 Å². The maximum atomic E-state index is 13.2. The van der Waals surface area contributed by atoms with E-state index in [0.717, 1.165) is 55.3 Å². The van der Waals surface area contributed by atoms with Crippen LogP contribution in [-0.2, 0) is 13.0 Å². The van der Waals surface area contributed by atoms with Gasteiger partial charge < -0.3 is 9.88 Å². The molecule has 2 heterocycles. The number of pyridine rings is 1. The van der Waals surface area contributed by atoms with Gasteiger partial charge in [0.15, 0.2) is 0 Å². The second kappa shape index (κ2) is 8.59. The van der Waals surface area contributed by atoms with Gasteiger partial charge in [0.1, 0.15) is 0 Å². The predicted molar refractivity (Wildman–Crippen MR) is 113 cm³/mol. The topological polar surface area (TPSA) is 51.1 Å². The molecule has 1 aromatic heterocycles. The van der Waals surface area contributed by atoms with Crippen LogP contribution in [0.5, 0.6) is 0 Å². The molecule has 0 unspecified atom stereocenters. The van der Waals surface area contributed by atoms with Crippen molar-refractivity contribution in [3.8, 4) is 11.1 Å². The summed E-state index contributed by atoms with van der Waals surface area (Å²) in [4.78, 5) is 25.9. The first-order chi connectivity index (χ1) is 13.7. The minimum atomic E-state index is -0.0547. The standard InChI is InChI=1S/C24H28N2O2/c27-22-17-20(19-11-5-2-6-12-19)23(21-13-7-8-16-26(21)22)24(28)25-15-14-18-9-3-1-4-10-18/h2,5-6,9,11-12,17H,1,3-4,7-8,10,13-16H2,(H,25,28). The average Bonchev–Trinajstić information content (AvgIpc) is 2.75. The van der Waals surface area contributed by atoms with Crippen LogP contribution >= 0.6 is 0 Å². The average molecular weight is 377 g/mol. The Balaban J connectivity index is 1.64. The largest absolute Gasteiger partial charge is 0.352 e. The van der Waals surface area contributed by atoms with Crippen LogP contribution < -0.4 is 10.9 Å². The summed E-state index contributed by atoms with van der Waals surface area (Å²) in [7, 11) is 0. The molecule has 0 bridgehead atoms. The minimum absolute atomic E-state index is 0.00235. The number of aromatic nitrogens is 1. The van der Waals surface area contributed by atoms with E-state index in [1.165, 1.54) is 18.4 Å². The maximum Gasteiger partial charge on any atom is 0.253 e. The predicted octanol–water partition coefficient (Wildman–Crippen LogP) is 4.47. The molecule has 1 aliphatic carbocycles. The van der Waals surface area contributed by atoms with Gasteiger partial charge in [0.05, 0.1) is 5.56 Å². The van der Waals surface area contributed by atoms with Crippen LogP contribution in [0.1, 0.15) is 61.0 Å². The van der Waals surface area contributed by atoms with Crippen molar-refractivity contribution in [3.63, 3.8) is 0 Å². The molecule has 2 aliphatic rings. The number of hydrogen-bond acceptors (Lipinski definition) is 2. The number of amides is 1. The third-order valence-electron chi connectivity index (χ3n) is 5.89. The van der Waals surface area contributed by atoms with Crippen molar-refractivity contribution in [1.29, 1.82) is 0 Å². The van der Waals surface area contributed by atoms with Gasteiger partial charge in [0.25, 0.3) is 11.5 Å². The summed E-state index contributed by atoms with van der Waals surface area (Å²) in [6.07, 6.45) is 10.9. The summed E-state index contributed by atoms with van der Waals surface area (Å²) in [5.41, 5.74) is 4.72. The third kappa shape index (κ3) is 3.96.